The molecule has 0 atom stereocenters. The van der Waals surface area contributed by atoms with Gasteiger partial charge in [-0.25, -0.2) is 13.9 Å². The normalized spacial score (nSPS) is 10.5. The summed E-state index contributed by atoms with van der Waals surface area (Å²) in [5.41, 5.74) is 1.43. The number of carbonyl (C=O) groups is 1. The van der Waals surface area contributed by atoms with Crippen molar-refractivity contribution in [3.63, 3.8) is 0 Å². The fourth-order valence-electron chi connectivity index (χ4n) is 2.82. The lowest BCUT2D eigenvalue weighted by Gasteiger charge is -2.11. The van der Waals surface area contributed by atoms with E-state index in [9.17, 15) is 14.0 Å². The van der Waals surface area contributed by atoms with Crippen LogP contribution >= 0.6 is 23.2 Å². The largest absolute Gasteiger partial charge is 0.323 e. The molecule has 0 fully saturated rings. The number of carbonyl (C=O) groups excluding carboxylic acids is 1. The molecular formula is C20H17Cl2FN4O2. The Labute approximate surface area is 176 Å². The number of urea groups is 1. The summed E-state index contributed by atoms with van der Waals surface area (Å²) in [5, 5.41) is 5.06. The quantitative estimate of drug-likeness (QED) is 0.632. The van der Waals surface area contributed by atoms with Crippen molar-refractivity contribution in [2.24, 2.45) is 7.05 Å². The summed E-state index contributed by atoms with van der Waals surface area (Å²) in [6.45, 7) is 1.71. The molecule has 150 valence electrons. The van der Waals surface area contributed by atoms with Gasteiger partial charge in [0.2, 0.25) is 0 Å². The molecule has 2 amide bonds. The van der Waals surface area contributed by atoms with E-state index in [0.717, 1.165) is 0 Å². The number of halogens is 3. The summed E-state index contributed by atoms with van der Waals surface area (Å²) in [6, 6.07) is 13.6. The minimum atomic E-state index is -0.714. The lowest BCUT2D eigenvalue weighted by Crippen LogP contribution is -2.30. The second kappa shape index (κ2) is 8.55. The third-order valence-electron chi connectivity index (χ3n) is 4.35. The fraction of sp³-hybridized carbons (Fsp3) is 0.100. The molecule has 2 aromatic carbocycles. The van der Waals surface area contributed by atoms with E-state index in [1.54, 1.807) is 30.8 Å². The Morgan fingerprint density at radius 3 is 2.24 bits per heavy atom. The third-order valence-corrected chi connectivity index (χ3v) is 4.73. The van der Waals surface area contributed by atoms with Gasteiger partial charge in [0, 0.05) is 12.6 Å². The van der Waals surface area contributed by atoms with Crippen LogP contribution in [0, 0.1) is 12.7 Å². The van der Waals surface area contributed by atoms with E-state index < -0.39 is 17.4 Å². The molecule has 3 rings (SSSR count). The number of aromatic nitrogens is 2. The van der Waals surface area contributed by atoms with Crippen LogP contribution in [-0.4, -0.2) is 15.4 Å². The number of nitrogens with zero attached hydrogens (tertiary/aromatic N) is 2. The Bertz CT molecular complexity index is 1130. The lowest BCUT2D eigenvalue weighted by molar-refractivity contribution is 0.255. The Hall–Kier alpha value is -3.03. The van der Waals surface area contributed by atoms with Crippen LogP contribution in [0.15, 0.2) is 63.9 Å². The smallest absolute Gasteiger partial charge is 0.305 e. The van der Waals surface area contributed by atoms with E-state index >= 15 is 0 Å². The van der Waals surface area contributed by atoms with E-state index in [4.69, 9.17) is 23.2 Å². The number of rotatable bonds is 4. The first-order valence-electron chi connectivity index (χ1n) is 8.53. The molecule has 1 aromatic heterocycles. The van der Waals surface area contributed by atoms with Crippen molar-refractivity contribution in [2.75, 3.05) is 5.32 Å². The van der Waals surface area contributed by atoms with Crippen LogP contribution in [0.4, 0.5) is 14.9 Å². The molecule has 6 nitrogen and oxygen atoms in total. The number of para-hydroxylation sites is 1. The first-order chi connectivity index (χ1) is 13.8. The summed E-state index contributed by atoms with van der Waals surface area (Å²) in [4.78, 5) is 25.4. The van der Waals surface area contributed by atoms with E-state index in [1.807, 2.05) is 18.2 Å². The van der Waals surface area contributed by atoms with Crippen LogP contribution in [-0.2, 0) is 7.05 Å². The number of nitrogens with one attached hydrogen (secondary N) is 2. The van der Waals surface area contributed by atoms with Gasteiger partial charge in [-0.1, -0.05) is 41.4 Å². The highest BCUT2D eigenvalue weighted by molar-refractivity contribution is 6.58. The minimum absolute atomic E-state index is 0.0859. The van der Waals surface area contributed by atoms with Crippen LogP contribution in [0.3, 0.4) is 0 Å². The summed E-state index contributed by atoms with van der Waals surface area (Å²) in [5.74, 6) is -0.440. The van der Waals surface area contributed by atoms with Crippen molar-refractivity contribution in [2.45, 2.75) is 6.92 Å². The SMILES string of the molecule is Cc1c(NC(=O)NC(=C(Cl)Cl)c2ccc(F)cc2)c(=O)n(-c2ccccc2)n1C. The van der Waals surface area contributed by atoms with E-state index in [2.05, 4.69) is 10.6 Å². The Balaban J connectivity index is 1.88. The van der Waals surface area contributed by atoms with Gasteiger partial charge in [-0.15, -0.1) is 0 Å². The van der Waals surface area contributed by atoms with Gasteiger partial charge in [0.05, 0.1) is 17.1 Å². The molecule has 0 saturated carbocycles. The second-order valence-electron chi connectivity index (χ2n) is 6.16. The zero-order valence-corrected chi connectivity index (χ0v) is 17.1. The Morgan fingerprint density at radius 1 is 1.03 bits per heavy atom. The second-order valence-corrected chi connectivity index (χ2v) is 7.11. The minimum Gasteiger partial charge on any atom is -0.305 e. The van der Waals surface area contributed by atoms with E-state index in [0.29, 0.717) is 16.9 Å². The van der Waals surface area contributed by atoms with Crippen molar-refractivity contribution < 1.29 is 9.18 Å². The van der Waals surface area contributed by atoms with Crippen LogP contribution in [0.25, 0.3) is 11.4 Å². The maximum atomic E-state index is 13.1. The molecule has 0 radical (unpaired) electrons. The fourth-order valence-corrected chi connectivity index (χ4v) is 3.13. The van der Waals surface area contributed by atoms with Crippen LogP contribution < -0.4 is 16.2 Å². The van der Waals surface area contributed by atoms with Crippen molar-refractivity contribution in [1.82, 2.24) is 14.7 Å². The molecule has 0 unspecified atom stereocenters. The number of hydrogen-bond donors (Lipinski definition) is 2. The highest BCUT2D eigenvalue weighted by atomic mass is 35.5. The molecule has 9 heteroatoms. The summed E-state index contributed by atoms with van der Waals surface area (Å²) < 4.78 is 16.0. The molecule has 0 saturated heterocycles. The first-order valence-corrected chi connectivity index (χ1v) is 9.28. The van der Waals surface area contributed by atoms with Gasteiger partial charge in [-0.3, -0.25) is 9.48 Å². The van der Waals surface area contributed by atoms with Gasteiger partial charge in [-0.2, -0.15) is 0 Å². The topological polar surface area (TPSA) is 68.1 Å². The first kappa shape index (κ1) is 20.7. The summed E-state index contributed by atoms with van der Waals surface area (Å²) in [6.07, 6.45) is 0. The van der Waals surface area contributed by atoms with E-state index in [-0.39, 0.29) is 15.9 Å². The number of amides is 2. The van der Waals surface area contributed by atoms with Crippen molar-refractivity contribution in [1.29, 1.82) is 0 Å². The van der Waals surface area contributed by atoms with Gasteiger partial charge in [0.25, 0.3) is 5.56 Å². The van der Waals surface area contributed by atoms with Crippen molar-refractivity contribution in [3.8, 4) is 5.69 Å². The molecule has 1 heterocycles. The molecule has 0 bridgehead atoms. The third kappa shape index (κ3) is 4.36. The number of hydrogen-bond acceptors (Lipinski definition) is 2. The van der Waals surface area contributed by atoms with Crippen LogP contribution in [0.1, 0.15) is 11.3 Å². The highest BCUT2D eigenvalue weighted by Crippen LogP contribution is 2.22. The highest BCUT2D eigenvalue weighted by Gasteiger charge is 2.19. The van der Waals surface area contributed by atoms with Gasteiger partial charge >= 0.3 is 6.03 Å². The van der Waals surface area contributed by atoms with Crippen molar-refractivity contribution >= 4 is 40.6 Å². The average molecular weight is 435 g/mol. The lowest BCUT2D eigenvalue weighted by atomic mass is 10.2. The Kier molecular flexibility index (Phi) is 6.10. The van der Waals surface area contributed by atoms with Gasteiger partial charge in [0.15, 0.2) is 0 Å². The standard InChI is InChI=1S/C20H17Cl2FN4O2/c1-12-16(19(28)27(26(12)2)15-6-4-3-5-7-15)24-20(29)25-17(18(21)22)13-8-10-14(23)11-9-13/h3-11H,1-2H3,(H2,24,25,29). The zero-order chi connectivity index (χ0) is 21.1. The molecule has 29 heavy (non-hydrogen) atoms. The molecule has 2 N–H and O–H groups in total. The molecule has 0 spiro atoms. The predicted octanol–water partition coefficient (Wildman–Crippen LogP) is 4.55. The zero-order valence-electron chi connectivity index (χ0n) is 15.5. The summed E-state index contributed by atoms with van der Waals surface area (Å²) >= 11 is 11.8. The molecular weight excluding hydrogens is 418 g/mol. The predicted molar refractivity (Wildman–Crippen MR) is 113 cm³/mol. The maximum Gasteiger partial charge on any atom is 0.323 e. The Morgan fingerprint density at radius 2 is 1.66 bits per heavy atom. The molecule has 3 aromatic rings. The van der Waals surface area contributed by atoms with Gasteiger partial charge < -0.3 is 10.6 Å². The van der Waals surface area contributed by atoms with E-state index in [1.165, 1.54) is 28.9 Å². The number of benzene rings is 2. The molecule has 0 aliphatic heterocycles. The maximum absolute atomic E-state index is 13.1. The average Bonchev–Trinajstić information content (AvgIpc) is 2.90. The van der Waals surface area contributed by atoms with Crippen LogP contribution in [0.2, 0.25) is 0 Å². The van der Waals surface area contributed by atoms with Crippen LogP contribution in [0.5, 0.6) is 0 Å². The summed E-state index contributed by atoms with van der Waals surface area (Å²) in [7, 11) is 1.71. The van der Waals surface area contributed by atoms with Crippen molar-refractivity contribution in [3.05, 3.63) is 86.5 Å². The van der Waals surface area contributed by atoms with Gasteiger partial charge in [-0.05, 0) is 43.3 Å². The monoisotopic (exact) mass is 434 g/mol. The molecule has 0 aliphatic carbocycles. The van der Waals surface area contributed by atoms with Gasteiger partial charge in [0.1, 0.15) is 16.0 Å². The number of anilines is 1. The molecule has 0 aliphatic rings.